The zero-order valence-corrected chi connectivity index (χ0v) is 53.5. The molecule has 0 aromatic carbocycles. The minimum absolute atomic E-state index is 0.119. The maximum absolute atomic E-state index is 11.6. The first-order chi connectivity index (χ1) is 38.6. The lowest BCUT2D eigenvalue weighted by Crippen LogP contribution is -2.64. The van der Waals surface area contributed by atoms with Crippen molar-refractivity contribution >= 4 is 39.2 Å². The van der Waals surface area contributed by atoms with Crippen LogP contribution in [0.1, 0.15) is 174 Å². The molecule has 0 aliphatic heterocycles. The van der Waals surface area contributed by atoms with Crippen molar-refractivity contribution in [3.63, 3.8) is 0 Å². The first-order valence-electron chi connectivity index (χ1n) is 30.2. The van der Waals surface area contributed by atoms with E-state index in [1.807, 2.05) is 0 Å². The number of nitrogens with zero attached hydrogens (tertiary/aromatic N) is 1. The third kappa shape index (κ3) is 40.7. The highest BCUT2D eigenvalue weighted by atomic mass is 32.2. The molecule has 0 aliphatic carbocycles. The quantitative estimate of drug-likeness (QED) is 0.0179. The van der Waals surface area contributed by atoms with E-state index in [0.717, 1.165) is 70.9 Å². The highest BCUT2D eigenvalue weighted by molar-refractivity contribution is 7.86. The molecule has 0 amide bonds. The van der Waals surface area contributed by atoms with E-state index in [2.05, 4.69) is 36.8 Å². The van der Waals surface area contributed by atoms with Crippen molar-refractivity contribution in [2.75, 3.05) is 123 Å². The second kappa shape index (κ2) is 44.7. The summed E-state index contributed by atoms with van der Waals surface area (Å²) in [5.41, 5.74) is -5.73. The van der Waals surface area contributed by atoms with Crippen LogP contribution < -0.4 is 16.0 Å². The Labute approximate surface area is 493 Å². The molecule has 0 radical (unpaired) electrons. The molecular weight excluding hydrogens is 1150 g/mol. The number of quaternary nitrogens is 1. The molecular formula is C53H115N4O21S3Si+. The topological polar surface area (TPSA) is 409 Å². The molecule has 0 spiro atoms. The van der Waals surface area contributed by atoms with Gasteiger partial charge in [-0.15, -0.1) is 0 Å². The maximum Gasteiger partial charge on any atom is 0.501 e. The fraction of sp³-hybridized carbons (Fsp3) is 1.00. The van der Waals surface area contributed by atoms with Gasteiger partial charge in [-0.2, -0.15) is 25.3 Å². The van der Waals surface area contributed by atoms with Gasteiger partial charge in [0, 0.05) is 32.1 Å². The van der Waals surface area contributed by atoms with Gasteiger partial charge in [0.15, 0.2) is 0 Å². The van der Waals surface area contributed by atoms with Gasteiger partial charge in [-0.05, 0) is 25.7 Å². The minimum atomic E-state index is -4.68. The Bertz CT molecular complexity index is 1750. The molecule has 15 N–H and O–H groups in total. The van der Waals surface area contributed by atoms with Gasteiger partial charge in [-0.1, -0.05) is 142 Å². The Morgan fingerprint density at radius 1 is 0.390 bits per heavy atom. The Hall–Kier alpha value is -0.693. The first kappa shape index (κ1) is 81.3. The number of unbranched alkanes of at least 4 members (excludes halogenated alkanes) is 22. The molecule has 25 nitrogen and oxygen atoms in total. The van der Waals surface area contributed by atoms with Gasteiger partial charge in [-0.3, -0.25) is 13.7 Å². The fourth-order valence-corrected chi connectivity index (χ4v) is 14.2. The molecule has 0 fully saturated rings. The molecule has 0 saturated carbocycles. The van der Waals surface area contributed by atoms with Gasteiger partial charge in [-0.25, -0.2) is 0 Å². The van der Waals surface area contributed by atoms with E-state index in [0.29, 0.717) is 11.0 Å². The van der Waals surface area contributed by atoms with Crippen LogP contribution >= 0.6 is 0 Å². The summed E-state index contributed by atoms with van der Waals surface area (Å²) in [5, 5.41) is 104. The summed E-state index contributed by atoms with van der Waals surface area (Å²) in [7, 11) is -16.5. The summed E-state index contributed by atoms with van der Waals surface area (Å²) in [6.45, 7) is -3.00. The van der Waals surface area contributed by atoms with Crippen LogP contribution in [0.3, 0.4) is 0 Å². The first-order valence-corrected chi connectivity index (χ1v) is 36.9. The van der Waals surface area contributed by atoms with Crippen LogP contribution in [0.2, 0.25) is 6.04 Å². The van der Waals surface area contributed by atoms with Crippen molar-refractivity contribution in [2.24, 2.45) is 0 Å². The molecule has 4 atom stereocenters. The summed E-state index contributed by atoms with van der Waals surface area (Å²) in [4.78, 5) is 0. The smallest absolute Gasteiger partial charge is 0.394 e. The standard InChI is InChI=1S/C53H114N4O21S3Si/c1-4-6-8-10-12-14-15-16-17-18-19-20-21-23-25-27-30-57(3,29-26-24-22-13-11-9-7-5-2)31-28-32-82(76-45-51(39-58,40-59)54-33-48(64)36-79(67,68)69,77-46-52(41-60,42-61)55-34-49(65)37-80(70,71)72)78-47-53(43-62,44-63)56-35-50(66)38-81(73,74)75/h48-50,54-56,58-66H,4-47H2,1-3H3,(H2-,67,68,69,70,71,72,73,74,75)/p+1. The molecule has 0 aromatic rings. The van der Waals surface area contributed by atoms with Crippen molar-refractivity contribution in [2.45, 2.75) is 215 Å². The number of aliphatic hydroxyl groups excluding tert-OH is 9. The van der Waals surface area contributed by atoms with E-state index < -0.39 is 170 Å². The van der Waals surface area contributed by atoms with Crippen molar-refractivity contribution in [1.29, 1.82) is 0 Å². The third-order valence-corrected chi connectivity index (χ3v) is 20.3. The molecule has 29 heteroatoms. The van der Waals surface area contributed by atoms with Gasteiger partial charge < -0.3 is 79.7 Å². The minimum Gasteiger partial charge on any atom is -0.394 e. The average Bonchev–Trinajstić information content (AvgIpc) is 3.48. The van der Waals surface area contributed by atoms with Crippen molar-refractivity contribution in [3.8, 4) is 0 Å². The maximum atomic E-state index is 11.6. The number of β-amino-alcohol motifs (C(OH)–C–C–N with tert-alkyl or cyclic N) is 3. The van der Waals surface area contributed by atoms with E-state index in [9.17, 15) is 84.9 Å². The van der Waals surface area contributed by atoms with E-state index in [1.54, 1.807) is 0 Å². The summed E-state index contributed by atoms with van der Waals surface area (Å²) in [5.74, 6) is -3.33. The van der Waals surface area contributed by atoms with Crippen molar-refractivity contribution in [3.05, 3.63) is 0 Å². The Kier molecular flexibility index (Phi) is 44.3. The summed E-state index contributed by atoms with van der Waals surface area (Å²) in [6, 6.07) is -0.119. The number of hydrogen-bond acceptors (Lipinski definition) is 21. The lowest BCUT2D eigenvalue weighted by Gasteiger charge is -2.42. The molecule has 4 unspecified atom stereocenters. The predicted molar refractivity (Wildman–Crippen MR) is 318 cm³/mol. The van der Waals surface area contributed by atoms with E-state index in [-0.39, 0.29) is 12.5 Å². The zero-order valence-electron chi connectivity index (χ0n) is 50.1. The zero-order chi connectivity index (χ0) is 62.1. The molecule has 82 heavy (non-hydrogen) atoms. The highest BCUT2D eigenvalue weighted by Crippen LogP contribution is 2.27. The SMILES string of the molecule is CCCCCCCCCCCCCCCCCC[N+](C)(CCCCCCCCCC)CCC[Si](OCC(CO)(CO)NCC(O)CS(=O)(=O)O)(OCC(CO)(CO)NCC(O)CS(=O)(=O)O)OCC(CO)(CO)NCC(O)CS(=O)(=O)O. The van der Waals surface area contributed by atoms with Gasteiger partial charge in [0.25, 0.3) is 30.4 Å². The van der Waals surface area contributed by atoms with Crippen molar-refractivity contribution < 1.29 is 103 Å². The largest absolute Gasteiger partial charge is 0.501 e. The Morgan fingerprint density at radius 2 is 0.610 bits per heavy atom. The van der Waals surface area contributed by atoms with Crippen LogP contribution in [0.25, 0.3) is 0 Å². The van der Waals surface area contributed by atoms with Gasteiger partial charge >= 0.3 is 8.80 Å². The Balaban J connectivity index is 7.14. The second-order valence-corrected chi connectivity index (χ2v) is 30.6. The molecule has 0 bridgehead atoms. The molecule has 0 rings (SSSR count). The lowest BCUT2D eigenvalue weighted by molar-refractivity contribution is -0.910. The van der Waals surface area contributed by atoms with Gasteiger partial charge in [0.2, 0.25) is 0 Å². The van der Waals surface area contributed by atoms with Crippen LogP contribution in [0, 0.1) is 0 Å². The molecule has 0 aromatic heterocycles. The van der Waals surface area contributed by atoms with E-state index >= 15 is 0 Å². The molecule has 0 heterocycles. The summed E-state index contributed by atoms with van der Waals surface area (Å²) >= 11 is 0. The normalized spacial score (nSPS) is 15.8. The average molecular weight is 1270 g/mol. The lowest BCUT2D eigenvalue weighted by atomic mass is 10.0. The van der Waals surface area contributed by atoms with E-state index in [4.69, 9.17) is 13.3 Å². The number of hydrogen-bond donors (Lipinski definition) is 15. The van der Waals surface area contributed by atoms with Gasteiger partial charge in [0.1, 0.15) is 17.3 Å². The van der Waals surface area contributed by atoms with Crippen LogP contribution in [-0.2, 0) is 43.6 Å². The Morgan fingerprint density at radius 3 is 0.829 bits per heavy atom. The number of nitrogens with one attached hydrogen (secondary N) is 3. The summed E-state index contributed by atoms with van der Waals surface area (Å²) < 4.78 is 118. The second-order valence-electron chi connectivity index (χ2n) is 23.4. The van der Waals surface area contributed by atoms with Crippen LogP contribution in [0.15, 0.2) is 0 Å². The predicted octanol–water partition coefficient (Wildman–Crippen LogP) is 1.90. The van der Waals surface area contributed by atoms with E-state index in [1.165, 1.54) is 96.3 Å². The van der Waals surface area contributed by atoms with Crippen LogP contribution in [0.5, 0.6) is 0 Å². The monoisotopic (exact) mass is 1270 g/mol. The fourth-order valence-electron chi connectivity index (χ4n) is 9.59. The van der Waals surface area contributed by atoms with Gasteiger partial charge in [0.05, 0.1) is 121 Å². The molecule has 0 aliphatic rings. The van der Waals surface area contributed by atoms with Crippen LogP contribution in [0.4, 0.5) is 0 Å². The molecule has 494 valence electrons. The molecule has 0 saturated heterocycles. The highest BCUT2D eigenvalue weighted by Gasteiger charge is 2.49. The number of aliphatic hydroxyl groups is 9. The van der Waals surface area contributed by atoms with Crippen molar-refractivity contribution in [1.82, 2.24) is 16.0 Å². The number of rotatable bonds is 60. The third-order valence-electron chi connectivity index (χ3n) is 15.2. The van der Waals surface area contributed by atoms with Crippen LogP contribution in [-0.4, -0.2) is 256 Å². The summed E-state index contributed by atoms with van der Waals surface area (Å²) in [6.07, 6.45) is 23.6.